The molecule has 7 nitrogen and oxygen atoms in total. The highest BCUT2D eigenvalue weighted by atomic mass is 16.1. The molecule has 0 atom stereocenters. The van der Waals surface area contributed by atoms with Crippen LogP contribution in [0.2, 0.25) is 0 Å². The summed E-state index contributed by atoms with van der Waals surface area (Å²) in [5.41, 5.74) is 1.36. The second-order valence-electron chi connectivity index (χ2n) is 3.91. The predicted octanol–water partition coefficient (Wildman–Crippen LogP) is 0.577. The number of aromatic nitrogens is 3. The summed E-state index contributed by atoms with van der Waals surface area (Å²) in [6.45, 7) is 1.77. The Morgan fingerprint density at radius 1 is 1.32 bits per heavy atom. The Hall–Kier alpha value is -2.70. The second kappa shape index (κ2) is 5.30. The minimum Gasteiger partial charge on any atom is -0.354 e. The van der Waals surface area contributed by atoms with E-state index in [-0.39, 0.29) is 17.2 Å². The van der Waals surface area contributed by atoms with Gasteiger partial charge in [0.15, 0.2) is 11.5 Å². The van der Waals surface area contributed by atoms with Gasteiger partial charge in [-0.05, 0) is 24.6 Å². The fourth-order valence-electron chi connectivity index (χ4n) is 1.56. The number of hydrogen-bond acceptors (Lipinski definition) is 5. The Balaban J connectivity index is 2.25. The number of nitrogens with zero attached hydrogens (tertiary/aromatic N) is 2. The standard InChI is InChI=1S/C12H13N5O2/c1-7-5-9(16-17-11(7)12(19)13-2)15-8-3-4-14-10(18)6-8/h3-6H,1-2H3,(H,13,19)(H2,14,15,16,18). The molecule has 0 bridgehead atoms. The number of aromatic amines is 1. The summed E-state index contributed by atoms with van der Waals surface area (Å²) in [5.74, 6) is 0.184. The van der Waals surface area contributed by atoms with E-state index < -0.39 is 0 Å². The molecule has 0 radical (unpaired) electrons. The van der Waals surface area contributed by atoms with E-state index in [1.165, 1.54) is 19.3 Å². The van der Waals surface area contributed by atoms with Crippen molar-refractivity contribution in [2.24, 2.45) is 0 Å². The third-order valence-electron chi connectivity index (χ3n) is 2.47. The Kier molecular flexibility index (Phi) is 3.56. The molecule has 1 amide bonds. The molecule has 0 aliphatic carbocycles. The van der Waals surface area contributed by atoms with Crippen LogP contribution < -0.4 is 16.2 Å². The Morgan fingerprint density at radius 2 is 2.11 bits per heavy atom. The van der Waals surface area contributed by atoms with Crippen LogP contribution in [0.3, 0.4) is 0 Å². The van der Waals surface area contributed by atoms with Crippen LogP contribution in [0.15, 0.2) is 29.2 Å². The van der Waals surface area contributed by atoms with Gasteiger partial charge < -0.3 is 15.6 Å². The van der Waals surface area contributed by atoms with Gasteiger partial charge in [-0.1, -0.05) is 0 Å². The van der Waals surface area contributed by atoms with E-state index in [2.05, 4.69) is 25.8 Å². The molecule has 0 aliphatic rings. The molecule has 0 saturated carbocycles. The van der Waals surface area contributed by atoms with Crippen molar-refractivity contribution in [1.82, 2.24) is 20.5 Å². The fraction of sp³-hybridized carbons (Fsp3) is 0.167. The molecule has 2 aromatic rings. The first-order valence-electron chi connectivity index (χ1n) is 5.62. The monoisotopic (exact) mass is 259 g/mol. The van der Waals surface area contributed by atoms with Crippen LogP contribution in [-0.4, -0.2) is 28.1 Å². The summed E-state index contributed by atoms with van der Waals surface area (Å²) in [6, 6.07) is 4.80. The van der Waals surface area contributed by atoms with Crippen molar-refractivity contribution in [2.45, 2.75) is 6.92 Å². The SMILES string of the molecule is CNC(=O)c1nnc(Nc2cc[nH]c(=O)c2)cc1C. The van der Waals surface area contributed by atoms with E-state index in [1.54, 1.807) is 19.1 Å². The van der Waals surface area contributed by atoms with Crippen molar-refractivity contribution >= 4 is 17.4 Å². The van der Waals surface area contributed by atoms with Gasteiger partial charge in [-0.15, -0.1) is 10.2 Å². The molecule has 2 heterocycles. The van der Waals surface area contributed by atoms with E-state index in [0.29, 0.717) is 17.1 Å². The van der Waals surface area contributed by atoms with Crippen molar-refractivity contribution in [1.29, 1.82) is 0 Å². The van der Waals surface area contributed by atoms with E-state index >= 15 is 0 Å². The molecule has 2 aromatic heterocycles. The predicted molar refractivity (Wildman–Crippen MR) is 70.5 cm³/mol. The minimum absolute atomic E-state index is 0.211. The van der Waals surface area contributed by atoms with Crippen LogP contribution >= 0.6 is 0 Å². The number of nitrogens with one attached hydrogen (secondary N) is 3. The summed E-state index contributed by atoms with van der Waals surface area (Å²) in [4.78, 5) is 25.1. The first kappa shape index (κ1) is 12.7. The molecule has 0 aliphatic heterocycles. The lowest BCUT2D eigenvalue weighted by Crippen LogP contribution is -2.21. The third kappa shape index (κ3) is 2.95. The zero-order chi connectivity index (χ0) is 13.8. The number of carbonyl (C=O) groups is 1. The fourth-order valence-corrected chi connectivity index (χ4v) is 1.56. The summed E-state index contributed by atoms with van der Waals surface area (Å²) in [5, 5.41) is 13.2. The van der Waals surface area contributed by atoms with Crippen LogP contribution in [-0.2, 0) is 0 Å². The Morgan fingerprint density at radius 3 is 2.74 bits per heavy atom. The summed E-state index contributed by atoms with van der Waals surface area (Å²) in [6.07, 6.45) is 1.53. The average molecular weight is 259 g/mol. The topological polar surface area (TPSA) is 99.8 Å². The van der Waals surface area contributed by atoms with Crippen molar-refractivity contribution in [2.75, 3.05) is 12.4 Å². The maximum absolute atomic E-state index is 11.5. The lowest BCUT2D eigenvalue weighted by molar-refractivity contribution is 0.0956. The van der Waals surface area contributed by atoms with Crippen LogP contribution in [0.25, 0.3) is 0 Å². The molecule has 0 unspecified atom stereocenters. The molecule has 7 heteroatoms. The number of H-pyrrole nitrogens is 1. The zero-order valence-electron chi connectivity index (χ0n) is 10.5. The van der Waals surface area contributed by atoms with Gasteiger partial charge in [-0.3, -0.25) is 9.59 Å². The van der Waals surface area contributed by atoms with Gasteiger partial charge in [0, 0.05) is 25.0 Å². The first-order valence-corrected chi connectivity index (χ1v) is 5.62. The number of hydrogen-bond donors (Lipinski definition) is 3. The van der Waals surface area contributed by atoms with Gasteiger partial charge in [0.1, 0.15) is 0 Å². The number of carbonyl (C=O) groups excluding carboxylic acids is 1. The number of pyridine rings is 1. The van der Waals surface area contributed by atoms with Crippen LogP contribution in [0.4, 0.5) is 11.5 Å². The van der Waals surface area contributed by atoms with Gasteiger partial charge in [0.25, 0.3) is 5.91 Å². The van der Waals surface area contributed by atoms with Crippen molar-refractivity contribution in [3.63, 3.8) is 0 Å². The smallest absolute Gasteiger partial charge is 0.271 e. The maximum atomic E-state index is 11.5. The molecule has 2 rings (SSSR count). The van der Waals surface area contributed by atoms with Crippen LogP contribution in [0.5, 0.6) is 0 Å². The Labute approximate surface area is 109 Å². The second-order valence-corrected chi connectivity index (χ2v) is 3.91. The van der Waals surface area contributed by atoms with Crippen molar-refractivity contribution in [3.8, 4) is 0 Å². The molecule has 3 N–H and O–H groups in total. The van der Waals surface area contributed by atoms with Crippen molar-refractivity contribution < 1.29 is 4.79 Å². The molecule has 0 saturated heterocycles. The first-order chi connectivity index (χ1) is 9.10. The molecule has 0 spiro atoms. The molecule has 19 heavy (non-hydrogen) atoms. The maximum Gasteiger partial charge on any atom is 0.271 e. The highest BCUT2D eigenvalue weighted by molar-refractivity contribution is 5.93. The number of anilines is 2. The van der Waals surface area contributed by atoms with Crippen LogP contribution in [0, 0.1) is 6.92 Å². The van der Waals surface area contributed by atoms with Crippen LogP contribution in [0.1, 0.15) is 16.1 Å². The summed E-state index contributed by atoms with van der Waals surface area (Å²) >= 11 is 0. The van der Waals surface area contributed by atoms with Gasteiger partial charge in [-0.2, -0.15) is 0 Å². The lowest BCUT2D eigenvalue weighted by atomic mass is 10.2. The largest absolute Gasteiger partial charge is 0.354 e. The minimum atomic E-state index is -0.285. The van der Waals surface area contributed by atoms with E-state index in [9.17, 15) is 9.59 Å². The van der Waals surface area contributed by atoms with E-state index in [0.717, 1.165) is 0 Å². The molecular formula is C12H13N5O2. The third-order valence-corrected chi connectivity index (χ3v) is 2.47. The van der Waals surface area contributed by atoms with E-state index in [1.807, 2.05) is 0 Å². The van der Waals surface area contributed by atoms with Gasteiger partial charge in [0.2, 0.25) is 5.56 Å². The molecule has 98 valence electrons. The highest BCUT2D eigenvalue weighted by Crippen LogP contribution is 2.14. The van der Waals surface area contributed by atoms with E-state index in [4.69, 9.17) is 0 Å². The van der Waals surface area contributed by atoms with Crippen molar-refractivity contribution in [3.05, 3.63) is 46.0 Å². The number of aryl methyl sites for hydroxylation is 1. The molecular weight excluding hydrogens is 246 g/mol. The number of rotatable bonds is 3. The quantitative estimate of drug-likeness (QED) is 0.748. The molecule has 0 fully saturated rings. The lowest BCUT2D eigenvalue weighted by Gasteiger charge is -2.07. The summed E-state index contributed by atoms with van der Waals surface area (Å²) < 4.78 is 0. The van der Waals surface area contributed by atoms with Gasteiger partial charge >= 0.3 is 0 Å². The van der Waals surface area contributed by atoms with Gasteiger partial charge in [0.05, 0.1) is 0 Å². The molecule has 0 aromatic carbocycles. The Bertz CT molecular complexity index is 665. The van der Waals surface area contributed by atoms with Gasteiger partial charge in [-0.25, -0.2) is 0 Å². The average Bonchev–Trinajstić information content (AvgIpc) is 2.38. The summed E-state index contributed by atoms with van der Waals surface area (Å²) in [7, 11) is 1.53. The highest BCUT2D eigenvalue weighted by Gasteiger charge is 2.10. The zero-order valence-corrected chi connectivity index (χ0v) is 10.5. The number of amides is 1. The normalized spacial score (nSPS) is 10.0.